The Morgan fingerprint density at radius 2 is 2.50 bits per heavy atom. The minimum absolute atomic E-state index is 0.0463. The minimum Gasteiger partial charge on any atom is -0.348 e. The predicted molar refractivity (Wildman–Crippen MR) is 46.0 cm³/mol. The van der Waals surface area contributed by atoms with E-state index in [1.165, 1.54) is 0 Å². The van der Waals surface area contributed by atoms with E-state index >= 15 is 0 Å². The second-order valence-corrected chi connectivity index (χ2v) is 3.25. The highest BCUT2D eigenvalue weighted by atomic mass is 16.2. The van der Waals surface area contributed by atoms with Crippen molar-refractivity contribution in [3.8, 4) is 0 Å². The van der Waals surface area contributed by atoms with Crippen LogP contribution in [0.2, 0.25) is 0 Å². The van der Waals surface area contributed by atoms with Gasteiger partial charge in [0.15, 0.2) is 0 Å². The van der Waals surface area contributed by atoms with Gasteiger partial charge in [-0.05, 0) is 25.5 Å². The molecule has 2 heterocycles. The number of carbonyl (C=O) groups is 1. The number of rotatable bonds is 0. The Morgan fingerprint density at radius 1 is 1.67 bits per heavy atom. The third kappa shape index (κ3) is 1.11. The van der Waals surface area contributed by atoms with Gasteiger partial charge >= 0.3 is 0 Å². The summed E-state index contributed by atoms with van der Waals surface area (Å²) in [5.74, 6) is 0.0463. The van der Waals surface area contributed by atoms with Gasteiger partial charge in [0, 0.05) is 18.8 Å². The van der Waals surface area contributed by atoms with Crippen LogP contribution in [-0.4, -0.2) is 16.5 Å². The summed E-state index contributed by atoms with van der Waals surface area (Å²) in [4.78, 5) is 11.4. The highest BCUT2D eigenvalue weighted by Gasteiger charge is 2.17. The topological polar surface area (TPSA) is 34.0 Å². The van der Waals surface area contributed by atoms with Crippen LogP contribution >= 0.6 is 0 Å². The van der Waals surface area contributed by atoms with Crippen molar-refractivity contribution < 1.29 is 4.79 Å². The maximum atomic E-state index is 11.4. The average molecular weight is 164 g/mol. The number of fused-ring (bicyclic) bond motifs is 1. The number of hydrogen-bond acceptors (Lipinski definition) is 1. The van der Waals surface area contributed by atoms with Crippen LogP contribution < -0.4 is 5.32 Å². The lowest BCUT2D eigenvalue weighted by molar-refractivity contribution is 0.0938. The monoisotopic (exact) mass is 164 g/mol. The van der Waals surface area contributed by atoms with Crippen molar-refractivity contribution in [1.82, 2.24) is 9.88 Å². The van der Waals surface area contributed by atoms with Crippen LogP contribution in [0, 0.1) is 0 Å². The SMILES string of the molecule is CC1CCn2cccc2C(=O)N1. The Hall–Kier alpha value is -1.25. The molecule has 0 aromatic carbocycles. The molecule has 0 spiro atoms. The molecule has 3 heteroatoms. The summed E-state index contributed by atoms with van der Waals surface area (Å²) >= 11 is 0. The van der Waals surface area contributed by atoms with Gasteiger partial charge in [0.1, 0.15) is 5.69 Å². The van der Waals surface area contributed by atoms with Crippen LogP contribution in [0.4, 0.5) is 0 Å². The zero-order valence-corrected chi connectivity index (χ0v) is 7.08. The molecule has 12 heavy (non-hydrogen) atoms. The number of carbonyl (C=O) groups excluding carboxylic acids is 1. The number of amides is 1. The Kier molecular flexibility index (Phi) is 1.64. The number of nitrogens with one attached hydrogen (secondary N) is 1. The molecule has 2 rings (SSSR count). The number of aromatic nitrogens is 1. The standard InChI is InChI=1S/C9H12N2O/c1-7-4-6-11-5-2-3-8(11)9(12)10-7/h2-3,5,7H,4,6H2,1H3,(H,10,12). The van der Waals surface area contributed by atoms with Crippen LogP contribution in [0.25, 0.3) is 0 Å². The molecular weight excluding hydrogens is 152 g/mol. The van der Waals surface area contributed by atoms with Gasteiger partial charge in [-0.2, -0.15) is 0 Å². The fraction of sp³-hybridized carbons (Fsp3) is 0.444. The van der Waals surface area contributed by atoms with Gasteiger partial charge in [-0.25, -0.2) is 0 Å². The van der Waals surface area contributed by atoms with Crippen molar-refractivity contribution in [2.75, 3.05) is 0 Å². The van der Waals surface area contributed by atoms with Gasteiger partial charge < -0.3 is 9.88 Å². The van der Waals surface area contributed by atoms with Gasteiger partial charge in [0.2, 0.25) is 0 Å². The Balaban J connectivity index is 2.35. The Bertz CT molecular complexity index is 303. The molecule has 1 aromatic heterocycles. The summed E-state index contributed by atoms with van der Waals surface area (Å²) in [6.45, 7) is 2.96. The first-order chi connectivity index (χ1) is 5.77. The van der Waals surface area contributed by atoms with Gasteiger partial charge in [-0.3, -0.25) is 4.79 Å². The Labute approximate surface area is 71.4 Å². The normalized spacial score (nSPS) is 22.8. The number of nitrogens with zero attached hydrogens (tertiary/aromatic N) is 1. The quantitative estimate of drug-likeness (QED) is 0.610. The number of aryl methyl sites for hydroxylation is 1. The summed E-state index contributed by atoms with van der Waals surface area (Å²) in [6.07, 6.45) is 2.96. The lowest BCUT2D eigenvalue weighted by Gasteiger charge is -2.06. The van der Waals surface area contributed by atoms with Gasteiger partial charge in [0.25, 0.3) is 5.91 Å². The van der Waals surface area contributed by atoms with E-state index in [1.807, 2.05) is 29.8 Å². The van der Waals surface area contributed by atoms with E-state index in [9.17, 15) is 4.79 Å². The van der Waals surface area contributed by atoms with Crippen molar-refractivity contribution in [2.45, 2.75) is 25.9 Å². The highest BCUT2D eigenvalue weighted by Crippen LogP contribution is 2.09. The lowest BCUT2D eigenvalue weighted by atomic mass is 10.2. The van der Waals surface area contributed by atoms with Crippen molar-refractivity contribution in [3.05, 3.63) is 24.0 Å². The first-order valence-corrected chi connectivity index (χ1v) is 4.23. The fourth-order valence-electron chi connectivity index (χ4n) is 1.52. The first kappa shape index (κ1) is 7.40. The zero-order valence-electron chi connectivity index (χ0n) is 7.08. The summed E-state index contributed by atoms with van der Waals surface area (Å²) in [7, 11) is 0. The molecule has 0 aliphatic carbocycles. The highest BCUT2D eigenvalue weighted by molar-refractivity contribution is 5.93. The predicted octanol–water partition coefficient (Wildman–Crippen LogP) is 1.01. The second-order valence-electron chi connectivity index (χ2n) is 3.25. The largest absolute Gasteiger partial charge is 0.348 e. The molecular formula is C9H12N2O. The fourth-order valence-corrected chi connectivity index (χ4v) is 1.52. The molecule has 0 bridgehead atoms. The maximum Gasteiger partial charge on any atom is 0.268 e. The van der Waals surface area contributed by atoms with E-state index in [4.69, 9.17) is 0 Å². The maximum absolute atomic E-state index is 11.4. The van der Waals surface area contributed by atoms with Gasteiger partial charge in [-0.15, -0.1) is 0 Å². The molecule has 1 aromatic rings. The summed E-state index contributed by atoms with van der Waals surface area (Å²) in [5.41, 5.74) is 0.777. The Morgan fingerprint density at radius 3 is 3.33 bits per heavy atom. The summed E-state index contributed by atoms with van der Waals surface area (Å²) in [6, 6.07) is 4.05. The molecule has 1 unspecified atom stereocenters. The molecule has 64 valence electrons. The van der Waals surface area contributed by atoms with Crippen LogP contribution in [-0.2, 0) is 6.54 Å². The molecule has 1 atom stereocenters. The van der Waals surface area contributed by atoms with Gasteiger partial charge in [-0.1, -0.05) is 0 Å². The van der Waals surface area contributed by atoms with Crippen molar-refractivity contribution in [2.24, 2.45) is 0 Å². The molecule has 1 N–H and O–H groups in total. The first-order valence-electron chi connectivity index (χ1n) is 4.23. The molecule has 1 aliphatic heterocycles. The molecule has 1 aliphatic rings. The van der Waals surface area contributed by atoms with Crippen molar-refractivity contribution >= 4 is 5.91 Å². The molecule has 3 nitrogen and oxygen atoms in total. The smallest absolute Gasteiger partial charge is 0.268 e. The van der Waals surface area contributed by atoms with E-state index in [0.29, 0.717) is 0 Å². The van der Waals surface area contributed by atoms with Crippen LogP contribution in [0.15, 0.2) is 18.3 Å². The van der Waals surface area contributed by atoms with E-state index < -0.39 is 0 Å². The van der Waals surface area contributed by atoms with Gasteiger partial charge in [0.05, 0.1) is 0 Å². The second kappa shape index (κ2) is 2.66. The van der Waals surface area contributed by atoms with Crippen LogP contribution in [0.1, 0.15) is 23.8 Å². The molecule has 0 saturated heterocycles. The van der Waals surface area contributed by atoms with E-state index in [-0.39, 0.29) is 11.9 Å². The zero-order chi connectivity index (χ0) is 8.55. The van der Waals surface area contributed by atoms with E-state index in [2.05, 4.69) is 5.32 Å². The third-order valence-corrected chi connectivity index (χ3v) is 2.24. The average Bonchev–Trinajstić information content (AvgIpc) is 2.43. The summed E-state index contributed by atoms with van der Waals surface area (Å²) in [5, 5.41) is 2.92. The van der Waals surface area contributed by atoms with Crippen molar-refractivity contribution in [1.29, 1.82) is 0 Å². The molecule has 0 fully saturated rings. The van der Waals surface area contributed by atoms with E-state index in [1.54, 1.807) is 0 Å². The van der Waals surface area contributed by atoms with Crippen molar-refractivity contribution in [3.63, 3.8) is 0 Å². The van der Waals surface area contributed by atoms with E-state index in [0.717, 1.165) is 18.7 Å². The third-order valence-electron chi connectivity index (χ3n) is 2.24. The summed E-state index contributed by atoms with van der Waals surface area (Å²) < 4.78 is 2.00. The molecule has 0 radical (unpaired) electrons. The van der Waals surface area contributed by atoms with Crippen LogP contribution in [0.3, 0.4) is 0 Å². The lowest BCUT2D eigenvalue weighted by Crippen LogP contribution is -2.30. The number of hydrogen-bond donors (Lipinski definition) is 1. The molecule has 0 saturated carbocycles. The molecule has 1 amide bonds. The van der Waals surface area contributed by atoms with Crippen LogP contribution in [0.5, 0.6) is 0 Å². The minimum atomic E-state index is 0.0463.